The number of ketones is 1. The average molecular weight is 262 g/mol. The lowest BCUT2D eigenvalue weighted by atomic mass is 10.1. The fraction of sp³-hybridized carbons (Fsp3) is 0.286. The van der Waals surface area contributed by atoms with Gasteiger partial charge in [0.05, 0.1) is 0 Å². The van der Waals surface area contributed by atoms with Crippen molar-refractivity contribution in [1.29, 1.82) is 0 Å². The van der Waals surface area contributed by atoms with E-state index in [-0.39, 0.29) is 5.78 Å². The van der Waals surface area contributed by atoms with Crippen LogP contribution in [0.4, 0.5) is 10.5 Å². The van der Waals surface area contributed by atoms with E-state index in [2.05, 4.69) is 0 Å². The van der Waals surface area contributed by atoms with E-state index in [1.165, 1.54) is 11.0 Å². The number of allylic oxidation sites excluding steroid dienone is 1. The molecule has 0 saturated heterocycles. The summed E-state index contributed by atoms with van der Waals surface area (Å²) >= 11 is 0. The average Bonchev–Trinajstić information content (AvgIpc) is 2.36. The summed E-state index contributed by atoms with van der Waals surface area (Å²) in [4.78, 5) is 25.9. The second-order valence-corrected chi connectivity index (χ2v) is 4.22. The van der Waals surface area contributed by atoms with Gasteiger partial charge in [0.25, 0.3) is 0 Å². The predicted molar refractivity (Wildman–Crippen MR) is 74.6 cm³/mol. The third-order valence-corrected chi connectivity index (χ3v) is 2.51. The van der Waals surface area contributed by atoms with E-state index in [0.29, 0.717) is 17.8 Å². The quantitative estimate of drug-likeness (QED) is 0.654. The van der Waals surface area contributed by atoms with Crippen LogP contribution in [0.5, 0.6) is 0 Å². The number of anilines is 1. The zero-order chi connectivity index (χ0) is 14.4. The Kier molecular flexibility index (Phi) is 5.11. The van der Waals surface area contributed by atoms with Crippen molar-refractivity contribution in [1.82, 2.24) is 4.90 Å². The van der Waals surface area contributed by atoms with Crippen molar-refractivity contribution in [3.8, 4) is 0 Å². The lowest BCUT2D eigenvalue weighted by Gasteiger charge is -2.17. The molecule has 0 aliphatic heterocycles. The van der Waals surface area contributed by atoms with Gasteiger partial charge in [-0.3, -0.25) is 9.69 Å². The first-order chi connectivity index (χ1) is 8.95. The van der Waals surface area contributed by atoms with Gasteiger partial charge in [-0.1, -0.05) is 12.1 Å². The number of amides is 1. The van der Waals surface area contributed by atoms with Gasteiger partial charge in [-0.25, -0.2) is 4.79 Å². The lowest BCUT2D eigenvalue weighted by molar-refractivity contribution is 0.104. The Morgan fingerprint density at radius 2 is 2.00 bits per heavy atom. The van der Waals surface area contributed by atoms with E-state index in [9.17, 15) is 9.59 Å². The highest BCUT2D eigenvalue weighted by molar-refractivity contribution is 6.05. The summed E-state index contributed by atoms with van der Waals surface area (Å²) in [6.07, 6.45) is 2.08. The van der Waals surface area contributed by atoms with Crippen molar-refractivity contribution < 1.29 is 14.7 Å². The monoisotopic (exact) mass is 262 g/mol. The molecule has 0 unspecified atom stereocenters. The SMILES string of the molecule is CCN(C(=O)O)c1cccc(C(=O)C=CN(C)C)c1. The minimum Gasteiger partial charge on any atom is -0.465 e. The zero-order valence-corrected chi connectivity index (χ0v) is 11.3. The van der Waals surface area contributed by atoms with Crippen LogP contribution in [0, 0.1) is 0 Å². The highest BCUT2D eigenvalue weighted by atomic mass is 16.4. The van der Waals surface area contributed by atoms with E-state index in [0.717, 1.165) is 0 Å². The van der Waals surface area contributed by atoms with Crippen molar-refractivity contribution >= 4 is 17.6 Å². The summed E-state index contributed by atoms with van der Waals surface area (Å²) in [6.45, 7) is 2.08. The molecule has 1 aromatic rings. The molecular formula is C14H18N2O3. The molecule has 0 aliphatic carbocycles. The van der Waals surface area contributed by atoms with Crippen LogP contribution in [-0.4, -0.2) is 42.5 Å². The minimum absolute atomic E-state index is 0.156. The summed E-state index contributed by atoms with van der Waals surface area (Å²) in [6, 6.07) is 6.60. The maximum atomic E-state index is 11.9. The highest BCUT2D eigenvalue weighted by Gasteiger charge is 2.13. The van der Waals surface area contributed by atoms with Crippen LogP contribution in [0.3, 0.4) is 0 Å². The number of carbonyl (C=O) groups excluding carboxylic acids is 1. The number of benzene rings is 1. The molecule has 0 aliphatic rings. The van der Waals surface area contributed by atoms with Crippen LogP contribution in [0.15, 0.2) is 36.5 Å². The molecule has 1 N–H and O–H groups in total. The van der Waals surface area contributed by atoms with Gasteiger partial charge in [0.2, 0.25) is 0 Å². The molecule has 0 heterocycles. The molecule has 5 nitrogen and oxygen atoms in total. The Balaban J connectivity index is 3.00. The van der Waals surface area contributed by atoms with Crippen LogP contribution >= 0.6 is 0 Å². The summed E-state index contributed by atoms with van der Waals surface area (Å²) in [5, 5.41) is 9.05. The summed E-state index contributed by atoms with van der Waals surface area (Å²) in [5.41, 5.74) is 0.967. The number of nitrogens with zero attached hydrogens (tertiary/aromatic N) is 2. The fourth-order valence-electron chi connectivity index (χ4n) is 1.57. The molecule has 19 heavy (non-hydrogen) atoms. The molecule has 1 rings (SSSR count). The maximum absolute atomic E-state index is 11.9. The first kappa shape index (κ1) is 14.8. The number of hydrogen-bond donors (Lipinski definition) is 1. The van der Waals surface area contributed by atoms with Gasteiger partial charge in [0.1, 0.15) is 0 Å². The Labute approximate surface area is 112 Å². The first-order valence-electron chi connectivity index (χ1n) is 5.95. The predicted octanol–water partition coefficient (Wildman–Crippen LogP) is 2.45. The smallest absolute Gasteiger partial charge is 0.411 e. The molecule has 0 aromatic heterocycles. The Bertz CT molecular complexity index is 495. The lowest BCUT2D eigenvalue weighted by Crippen LogP contribution is -2.28. The molecule has 0 atom stereocenters. The molecule has 0 fully saturated rings. The molecule has 0 saturated carbocycles. The topological polar surface area (TPSA) is 60.9 Å². The second-order valence-electron chi connectivity index (χ2n) is 4.22. The fourth-order valence-corrected chi connectivity index (χ4v) is 1.57. The first-order valence-corrected chi connectivity index (χ1v) is 5.95. The Morgan fingerprint density at radius 3 is 2.53 bits per heavy atom. The molecule has 0 bridgehead atoms. The van der Waals surface area contributed by atoms with E-state index < -0.39 is 6.09 Å². The van der Waals surface area contributed by atoms with Crippen molar-refractivity contribution in [2.45, 2.75) is 6.92 Å². The second kappa shape index (κ2) is 6.58. The van der Waals surface area contributed by atoms with E-state index in [4.69, 9.17) is 5.11 Å². The molecule has 1 amide bonds. The Morgan fingerprint density at radius 1 is 1.32 bits per heavy atom. The van der Waals surface area contributed by atoms with Gasteiger partial charge < -0.3 is 10.0 Å². The van der Waals surface area contributed by atoms with Crippen LogP contribution in [-0.2, 0) is 0 Å². The van der Waals surface area contributed by atoms with Crippen LogP contribution in [0.2, 0.25) is 0 Å². The van der Waals surface area contributed by atoms with Gasteiger partial charge in [0, 0.05) is 44.2 Å². The minimum atomic E-state index is -1.03. The number of carboxylic acid groups (broad SMARTS) is 1. The molecule has 1 aromatic carbocycles. The highest BCUT2D eigenvalue weighted by Crippen LogP contribution is 2.17. The summed E-state index contributed by atoms with van der Waals surface area (Å²) < 4.78 is 0. The van der Waals surface area contributed by atoms with E-state index >= 15 is 0 Å². The summed E-state index contributed by atoms with van der Waals surface area (Å²) in [7, 11) is 3.65. The van der Waals surface area contributed by atoms with E-state index in [1.54, 1.807) is 42.3 Å². The van der Waals surface area contributed by atoms with Gasteiger partial charge in [0.15, 0.2) is 5.78 Å². The molecule has 102 valence electrons. The van der Waals surface area contributed by atoms with Crippen molar-refractivity contribution in [2.24, 2.45) is 0 Å². The maximum Gasteiger partial charge on any atom is 0.411 e. The van der Waals surface area contributed by atoms with Gasteiger partial charge in [-0.05, 0) is 19.1 Å². The molecule has 0 spiro atoms. The standard InChI is InChI=1S/C14H18N2O3/c1-4-16(14(18)19)12-7-5-6-11(10-12)13(17)8-9-15(2)3/h5-10H,4H2,1-3H3,(H,18,19). The van der Waals surface area contributed by atoms with Gasteiger partial charge in [-0.15, -0.1) is 0 Å². The van der Waals surface area contributed by atoms with Crippen molar-refractivity contribution in [3.63, 3.8) is 0 Å². The number of carbonyl (C=O) groups is 2. The molecule has 5 heteroatoms. The van der Waals surface area contributed by atoms with Gasteiger partial charge >= 0.3 is 6.09 Å². The zero-order valence-electron chi connectivity index (χ0n) is 11.3. The largest absolute Gasteiger partial charge is 0.465 e. The third kappa shape index (κ3) is 4.13. The number of hydrogen-bond acceptors (Lipinski definition) is 3. The molecular weight excluding hydrogens is 244 g/mol. The summed E-state index contributed by atoms with van der Waals surface area (Å²) in [5.74, 6) is -0.156. The normalized spacial score (nSPS) is 10.5. The Hall–Kier alpha value is -2.30. The van der Waals surface area contributed by atoms with Crippen molar-refractivity contribution in [2.75, 3.05) is 25.5 Å². The van der Waals surface area contributed by atoms with E-state index in [1.807, 2.05) is 14.1 Å². The van der Waals surface area contributed by atoms with Crippen LogP contribution in [0.1, 0.15) is 17.3 Å². The van der Waals surface area contributed by atoms with Crippen LogP contribution < -0.4 is 4.90 Å². The third-order valence-electron chi connectivity index (χ3n) is 2.51. The number of rotatable bonds is 5. The van der Waals surface area contributed by atoms with Crippen LogP contribution in [0.25, 0.3) is 0 Å². The van der Waals surface area contributed by atoms with Gasteiger partial charge in [-0.2, -0.15) is 0 Å². The van der Waals surface area contributed by atoms with Crippen molar-refractivity contribution in [3.05, 3.63) is 42.1 Å². The molecule has 0 radical (unpaired) electrons.